The molecule has 0 atom stereocenters. The number of aryl methyl sites for hydroxylation is 1. The summed E-state index contributed by atoms with van der Waals surface area (Å²) in [6, 6.07) is 6.52. The van der Waals surface area contributed by atoms with Crippen LogP contribution in [0.5, 0.6) is 0 Å². The van der Waals surface area contributed by atoms with Crippen LogP contribution in [0.3, 0.4) is 0 Å². The van der Waals surface area contributed by atoms with Crippen LogP contribution in [0.25, 0.3) is 0 Å². The van der Waals surface area contributed by atoms with Crippen LogP contribution in [0.4, 0.5) is 5.69 Å². The van der Waals surface area contributed by atoms with Gasteiger partial charge in [-0.15, -0.1) is 0 Å². The average molecular weight is 358 g/mol. The molecule has 1 aromatic rings. The van der Waals surface area contributed by atoms with E-state index in [1.807, 2.05) is 0 Å². The van der Waals surface area contributed by atoms with Crippen molar-refractivity contribution in [1.82, 2.24) is 9.80 Å². The Morgan fingerprint density at radius 2 is 1.69 bits per heavy atom. The highest BCUT2D eigenvalue weighted by molar-refractivity contribution is 5.79. The summed E-state index contributed by atoms with van der Waals surface area (Å²) in [4.78, 5) is 20.0. The van der Waals surface area contributed by atoms with Gasteiger partial charge in [0.1, 0.15) is 0 Å². The van der Waals surface area contributed by atoms with Crippen molar-refractivity contribution in [2.45, 2.75) is 40.5 Å². The van der Waals surface area contributed by atoms with Crippen LogP contribution in [0, 0.1) is 25.7 Å². The van der Waals surface area contributed by atoms with Gasteiger partial charge in [0.15, 0.2) is 0 Å². The Labute approximate surface area is 159 Å². The summed E-state index contributed by atoms with van der Waals surface area (Å²) in [6.07, 6.45) is 2.06. The molecule has 144 valence electrons. The van der Waals surface area contributed by atoms with Gasteiger partial charge in [-0.2, -0.15) is 0 Å². The molecule has 2 fully saturated rings. The molecule has 2 aliphatic rings. The van der Waals surface area contributed by atoms with Gasteiger partial charge >= 0.3 is 0 Å². The smallest absolute Gasteiger partial charge is 0.225 e. The van der Waals surface area contributed by atoms with E-state index < -0.39 is 0 Å². The first-order valence-electron chi connectivity index (χ1n) is 10.3. The third-order valence-corrected chi connectivity index (χ3v) is 6.07. The van der Waals surface area contributed by atoms with Crippen LogP contribution in [0.2, 0.25) is 0 Å². The maximum atomic E-state index is 12.9. The summed E-state index contributed by atoms with van der Waals surface area (Å²) >= 11 is 0. The Balaban J connectivity index is 1.50. The molecular weight excluding hydrogens is 322 g/mol. The van der Waals surface area contributed by atoms with E-state index in [4.69, 9.17) is 0 Å². The molecule has 0 N–H and O–H groups in total. The molecule has 1 amide bonds. The summed E-state index contributed by atoms with van der Waals surface area (Å²) in [6.45, 7) is 15.8. The monoisotopic (exact) mass is 357 g/mol. The number of likely N-dealkylation sites (tertiary alicyclic amines) is 1. The SMILES string of the molecule is Cc1cccc(N2CCN(C(=O)C3CCN(CC(C)C)CC3)CC2)c1C. The predicted octanol–water partition coefficient (Wildman–Crippen LogP) is 3.32. The topological polar surface area (TPSA) is 26.8 Å². The molecule has 0 radical (unpaired) electrons. The zero-order valence-corrected chi connectivity index (χ0v) is 17.0. The largest absolute Gasteiger partial charge is 0.368 e. The first-order valence-corrected chi connectivity index (χ1v) is 10.3. The number of anilines is 1. The molecule has 0 spiro atoms. The average Bonchev–Trinajstić information content (AvgIpc) is 2.64. The number of carbonyl (C=O) groups excluding carboxylic acids is 1. The summed E-state index contributed by atoms with van der Waals surface area (Å²) in [5.41, 5.74) is 4.04. The highest BCUT2D eigenvalue weighted by Gasteiger charge is 2.30. The van der Waals surface area contributed by atoms with E-state index in [-0.39, 0.29) is 5.92 Å². The number of amides is 1. The maximum Gasteiger partial charge on any atom is 0.225 e. The van der Waals surface area contributed by atoms with Crippen molar-refractivity contribution in [3.63, 3.8) is 0 Å². The van der Waals surface area contributed by atoms with E-state index in [0.717, 1.165) is 58.7 Å². The normalized spacial score (nSPS) is 20.0. The van der Waals surface area contributed by atoms with E-state index >= 15 is 0 Å². The number of hydrogen-bond donors (Lipinski definition) is 0. The lowest BCUT2D eigenvalue weighted by Crippen LogP contribution is -2.52. The Hall–Kier alpha value is -1.55. The second-order valence-corrected chi connectivity index (χ2v) is 8.50. The zero-order valence-electron chi connectivity index (χ0n) is 17.0. The first-order chi connectivity index (χ1) is 12.5. The van der Waals surface area contributed by atoms with Crippen LogP contribution in [-0.4, -0.2) is 61.5 Å². The number of rotatable bonds is 4. The summed E-state index contributed by atoms with van der Waals surface area (Å²) in [7, 11) is 0. The second-order valence-electron chi connectivity index (χ2n) is 8.50. The Kier molecular flexibility index (Phi) is 6.23. The first kappa shape index (κ1) is 19.2. The molecule has 0 bridgehead atoms. The number of piperazine rings is 1. The highest BCUT2D eigenvalue weighted by atomic mass is 16.2. The summed E-state index contributed by atoms with van der Waals surface area (Å²) in [5.74, 6) is 1.35. The molecule has 2 heterocycles. The lowest BCUT2D eigenvalue weighted by molar-refractivity contribution is -0.137. The minimum absolute atomic E-state index is 0.241. The van der Waals surface area contributed by atoms with Crippen molar-refractivity contribution in [3.05, 3.63) is 29.3 Å². The Bertz CT molecular complexity index is 612. The van der Waals surface area contributed by atoms with Gasteiger partial charge in [0.25, 0.3) is 0 Å². The van der Waals surface area contributed by atoms with Crippen molar-refractivity contribution in [2.24, 2.45) is 11.8 Å². The molecule has 2 saturated heterocycles. The molecule has 4 heteroatoms. The summed E-state index contributed by atoms with van der Waals surface area (Å²) < 4.78 is 0. The van der Waals surface area contributed by atoms with Crippen molar-refractivity contribution in [3.8, 4) is 0 Å². The molecule has 2 aliphatic heterocycles. The van der Waals surface area contributed by atoms with Crippen LogP contribution in [0.15, 0.2) is 18.2 Å². The third-order valence-electron chi connectivity index (χ3n) is 6.07. The van der Waals surface area contributed by atoms with Gasteiger partial charge in [-0.3, -0.25) is 4.79 Å². The van der Waals surface area contributed by atoms with Crippen LogP contribution in [0.1, 0.15) is 37.8 Å². The quantitative estimate of drug-likeness (QED) is 0.827. The lowest BCUT2D eigenvalue weighted by Gasteiger charge is -2.40. The number of piperidine rings is 1. The fourth-order valence-electron chi connectivity index (χ4n) is 4.38. The summed E-state index contributed by atoms with van der Waals surface area (Å²) in [5, 5.41) is 0. The Morgan fingerprint density at radius 1 is 1.04 bits per heavy atom. The molecule has 0 aromatic heterocycles. The van der Waals surface area contributed by atoms with Gasteiger partial charge in [-0.1, -0.05) is 26.0 Å². The lowest BCUT2D eigenvalue weighted by atomic mass is 9.94. The van der Waals surface area contributed by atoms with Gasteiger partial charge in [-0.25, -0.2) is 0 Å². The molecular formula is C22H35N3O. The van der Waals surface area contributed by atoms with Crippen LogP contribution >= 0.6 is 0 Å². The van der Waals surface area contributed by atoms with E-state index in [1.54, 1.807) is 0 Å². The predicted molar refractivity (Wildman–Crippen MR) is 109 cm³/mol. The van der Waals surface area contributed by atoms with Crippen molar-refractivity contribution >= 4 is 11.6 Å². The molecule has 0 saturated carbocycles. The zero-order chi connectivity index (χ0) is 18.7. The second kappa shape index (κ2) is 8.43. The minimum atomic E-state index is 0.241. The molecule has 26 heavy (non-hydrogen) atoms. The van der Waals surface area contributed by atoms with Gasteiger partial charge in [0.05, 0.1) is 0 Å². The van der Waals surface area contributed by atoms with Gasteiger partial charge in [0, 0.05) is 44.3 Å². The standard InChI is InChI=1S/C22H35N3O/c1-17(2)16-23-10-8-20(9-11-23)22(26)25-14-12-24(13-15-25)21-7-5-6-18(3)19(21)4/h5-7,17,20H,8-16H2,1-4H3. The fraction of sp³-hybridized carbons (Fsp3) is 0.682. The van der Waals surface area contributed by atoms with Gasteiger partial charge < -0.3 is 14.7 Å². The number of hydrogen-bond acceptors (Lipinski definition) is 3. The van der Waals surface area contributed by atoms with Crippen LogP contribution in [-0.2, 0) is 4.79 Å². The third kappa shape index (κ3) is 4.40. The minimum Gasteiger partial charge on any atom is -0.368 e. The van der Waals surface area contributed by atoms with E-state index in [2.05, 4.69) is 60.6 Å². The molecule has 0 unspecified atom stereocenters. The highest BCUT2D eigenvalue weighted by Crippen LogP contribution is 2.25. The molecule has 3 rings (SSSR count). The molecule has 1 aromatic carbocycles. The van der Waals surface area contributed by atoms with Crippen molar-refractivity contribution in [1.29, 1.82) is 0 Å². The van der Waals surface area contributed by atoms with Gasteiger partial charge in [-0.05, 0) is 62.9 Å². The Morgan fingerprint density at radius 3 is 2.31 bits per heavy atom. The van der Waals surface area contributed by atoms with E-state index in [1.165, 1.54) is 16.8 Å². The van der Waals surface area contributed by atoms with Crippen LogP contribution < -0.4 is 4.90 Å². The van der Waals surface area contributed by atoms with Crippen molar-refractivity contribution in [2.75, 3.05) is 50.7 Å². The van der Waals surface area contributed by atoms with Crippen molar-refractivity contribution < 1.29 is 4.79 Å². The number of nitrogens with zero attached hydrogens (tertiary/aromatic N) is 3. The number of carbonyl (C=O) groups is 1. The van der Waals surface area contributed by atoms with E-state index in [9.17, 15) is 4.79 Å². The maximum absolute atomic E-state index is 12.9. The molecule has 0 aliphatic carbocycles. The number of benzene rings is 1. The van der Waals surface area contributed by atoms with Gasteiger partial charge in [0.2, 0.25) is 5.91 Å². The van der Waals surface area contributed by atoms with E-state index in [0.29, 0.717) is 11.8 Å². The fourth-order valence-corrected chi connectivity index (χ4v) is 4.38. The molecule has 4 nitrogen and oxygen atoms in total.